The second-order valence-corrected chi connectivity index (χ2v) is 4.83. The molecule has 0 spiro atoms. The van der Waals surface area contributed by atoms with Crippen molar-refractivity contribution in [2.75, 3.05) is 6.54 Å². The standard InChI is InChI=1S/C15H21N3O/c1-13(16-10-12-18-11-2-9-17-18)3-4-14-5-7-15(19)8-6-14/h2,5-9,11,13,16,19H,3-4,10,12H2,1H3. The Morgan fingerprint density at radius 2 is 2.11 bits per heavy atom. The number of aromatic hydroxyl groups is 1. The van der Waals surface area contributed by atoms with E-state index in [2.05, 4.69) is 17.3 Å². The SMILES string of the molecule is CC(CCc1ccc(O)cc1)NCCn1cccn1. The van der Waals surface area contributed by atoms with Crippen LogP contribution in [0.25, 0.3) is 0 Å². The van der Waals surface area contributed by atoms with Gasteiger partial charge in [-0.15, -0.1) is 0 Å². The second-order valence-electron chi connectivity index (χ2n) is 4.83. The third-order valence-electron chi connectivity index (χ3n) is 3.20. The number of aryl methyl sites for hydroxylation is 1. The summed E-state index contributed by atoms with van der Waals surface area (Å²) in [5.74, 6) is 0.328. The molecule has 0 bridgehead atoms. The van der Waals surface area contributed by atoms with Gasteiger partial charge in [0.1, 0.15) is 5.75 Å². The Hall–Kier alpha value is -1.81. The molecule has 0 aliphatic heterocycles. The smallest absolute Gasteiger partial charge is 0.115 e. The highest BCUT2D eigenvalue weighted by Crippen LogP contribution is 2.11. The van der Waals surface area contributed by atoms with E-state index < -0.39 is 0 Å². The molecule has 0 fully saturated rings. The lowest BCUT2D eigenvalue weighted by Gasteiger charge is -2.13. The number of nitrogens with one attached hydrogen (secondary N) is 1. The molecule has 0 aliphatic rings. The molecular weight excluding hydrogens is 238 g/mol. The summed E-state index contributed by atoms with van der Waals surface area (Å²) < 4.78 is 1.93. The zero-order chi connectivity index (χ0) is 13.5. The number of phenolic OH excluding ortho intramolecular Hbond substituents is 1. The molecule has 1 aromatic heterocycles. The Morgan fingerprint density at radius 1 is 1.32 bits per heavy atom. The van der Waals surface area contributed by atoms with E-state index in [9.17, 15) is 5.11 Å². The first-order chi connectivity index (χ1) is 9.24. The molecule has 102 valence electrons. The number of hydrogen-bond acceptors (Lipinski definition) is 3. The van der Waals surface area contributed by atoms with E-state index in [4.69, 9.17) is 0 Å². The zero-order valence-electron chi connectivity index (χ0n) is 11.3. The molecule has 0 aliphatic carbocycles. The van der Waals surface area contributed by atoms with Crippen molar-refractivity contribution in [3.8, 4) is 5.75 Å². The number of hydrogen-bond donors (Lipinski definition) is 2. The number of rotatable bonds is 7. The van der Waals surface area contributed by atoms with Crippen molar-refractivity contribution in [1.82, 2.24) is 15.1 Å². The van der Waals surface area contributed by atoms with Crippen molar-refractivity contribution < 1.29 is 5.11 Å². The number of nitrogens with zero attached hydrogens (tertiary/aromatic N) is 2. The first-order valence-corrected chi connectivity index (χ1v) is 6.73. The average molecular weight is 259 g/mol. The predicted octanol–water partition coefficient (Wildman–Crippen LogP) is 2.20. The van der Waals surface area contributed by atoms with Gasteiger partial charge in [-0.1, -0.05) is 12.1 Å². The molecule has 1 heterocycles. The van der Waals surface area contributed by atoms with Crippen molar-refractivity contribution >= 4 is 0 Å². The fourth-order valence-corrected chi connectivity index (χ4v) is 2.01. The van der Waals surface area contributed by atoms with Crippen LogP contribution in [0.15, 0.2) is 42.7 Å². The van der Waals surface area contributed by atoms with Gasteiger partial charge in [-0.25, -0.2) is 0 Å². The number of aromatic nitrogens is 2. The molecule has 0 saturated heterocycles. The maximum atomic E-state index is 9.22. The lowest BCUT2D eigenvalue weighted by Crippen LogP contribution is -2.29. The summed E-state index contributed by atoms with van der Waals surface area (Å²) in [5.41, 5.74) is 1.26. The van der Waals surface area contributed by atoms with E-state index in [1.54, 1.807) is 18.3 Å². The molecule has 0 radical (unpaired) electrons. The minimum atomic E-state index is 0.328. The highest BCUT2D eigenvalue weighted by molar-refractivity contribution is 5.25. The van der Waals surface area contributed by atoms with E-state index in [-0.39, 0.29) is 0 Å². The third-order valence-corrected chi connectivity index (χ3v) is 3.20. The molecule has 19 heavy (non-hydrogen) atoms. The maximum absolute atomic E-state index is 9.22. The monoisotopic (exact) mass is 259 g/mol. The van der Waals surface area contributed by atoms with Crippen molar-refractivity contribution in [1.29, 1.82) is 0 Å². The molecule has 2 rings (SSSR count). The summed E-state index contributed by atoms with van der Waals surface area (Å²) in [6.45, 7) is 4.03. The van der Waals surface area contributed by atoms with Gasteiger partial charge >= 0.3 is 0 Å². The van der Waals surface area contributed by atoms with E-state index in [1.165, 1.54) is 5.56 Å². The normalized spacial score (nSPS) is 12.5. The topological polar surface area (TPSA) is 50.1 Å². The van der Waals surface area contributed by atoms with Crippen molar-refractivity contribution in [3.63, 3.8) is 0 Å². The van der Waals surface area contributed by atoms with Crippen LogP contribution in [-0.4, -0.2) is 27.5 Å². The van der Waals surface area contributed by atoms with Crippen molar-refractivity contribution in [2.45, 2.75) is 32.4 Å². The summed E-state index contributed by atoms with van der Waals surface area (Å²) in [6.07, 6.45) is 5.89. The van der Waals surface area contributed by atoms with Crippen molar-refractivity contribution in [3.05, 3.63) is 48.3 Å². The summed E-state index contributed by atoms with van der Waals surface area (Å²) in [4.78, 5) is 0. The summed E-state index contributed by atoms with van der Waals surface area (Å²) >= 11 is 0. The molecule has 1 unspecified atom stereocenters. The predicted molar refractivity (Wildman–Crippen MR) is 76.1 cm³/mol. The van der Waals surface area contributed by atoms with Gasteiger partial charge in [-0.3, -0.25) is 4.68 Å². The summed E-state index contributed by atoms with van der Waals surface area (Å²) in [7, 11) is 0. The minimum Gasteiger partial charge on any atom is -0.508 e. The van der Waals surface area contributed by atoms with Crippen LogP contribution in [0.1, 0.15) is 18.9 Å². The minimum absolute atomic E-state index is 0.328. The van der Waals surface area contributed by atoms with Crippen LogP contribution in [0.5, 0.6) is 5.75 Å². The van der Waals surface area contributed by atoms with Gasteiger partial charge in [0.15, 0.2) is 0 Å². The molecule has 4 heteroatoms. The zero-order valence-corrected chi connectivity index (χ0v) is 11.3. The first-order valence-electron chi connectivity index (χ1n) is 6.73. The van der Waals surface area contributed by atoms with E-state index in [1.807, 2.05) is 29.1 Å². The molecule has 1 aromatic carbocycles. The van der Waals surface area contributed by atoms with E-state index in [0.717, 1.165) is 25.9 Å². The quantitative estimate of drug-likeness (QED) is 0.801. The Bertz CT molecular complexity index is 465. The van der Waals surface area contributed by atoms with Crippen LogP contribution >= 0.6 is 0 Å². The highest BCUT2D eigenvalue weighted by atomic mass is 16.3. The fraction of sp³-hybridized carbons (Fsp3) is 0.400. The van der Waals surface area contributed by atoms with Crippen LogP contribution in [0.3, 0.4) is 0 Å². The Labute approximate surface area is 114 Å². The second kappa shape index (κ2) is 6.95. The Morgan fingerprint density at radius 3 is 2.79 bits per heavy atom. The van der Waals surface area contributed by atoms with Gasteiger partial charge in [-0.05, 0) is 43.5 Å². The van der Waals surface area contributed by atoms with Gasteiger partial charge < -0.3 is 10.4 Å². The third kappa shape index (κ3) is 4.75. The van der Waals surface area contributed by atoms with Crippen LogP contribution in [0.4, 0.5) is 0 Å². The van der Waals surface area contributed by atoms with Gasteiger partial charge in [0.2, 0.25) is 0 Å². The van der Waals surface area contributed by atoms with Crippen LogP contribution in [0, 0.1) is 0 Å². The summed E-state index contributed by atoms with van der Waals surface area (Å²) in [5, 5.41) is 16.9. The number of benzene rings is 1. The molecule has 2 aromatic rings. The van der Waals surface area contributed by atoms with E-state index >= 15 is 0 Å². The maximum Gasteiger partial charge on any atom is 0.115 e. The lowest BCUT2D eigenvalue weighted by atomic mass is 10.1. The van der Waals surface area contributed by atoms with E-state index in [0.29, 0.717) is 11.8 Å². The summed E-state index contributed by atoms with van der Waals surface area (Å²) in [6, 6.07) is 9.85. The van der Waals surface area contributed by atoms with Gasteiger partial charge in [-0.2, -0.15) is 5.10 Å². The van der Waals surface area contributed by atoms with Gasteiger partial charge in [0.05, 0.1) is 6.54 Å². The molecule has 0 amide bonds. The average Bonchev–Trinajstić information content (AvgIpc) is 2.91. The fourth-order valence-electron chi connectivity index (χ4n) is 2.01. The Balaban J connectivity index is 1.64. The molecule has 2 N–H and O–H groups in total. The highest BCUT2D eigenvalue weighted by Gasteiger charge is 2.02. The van der Waals surface area contributed by atoms with Crippen LogP contribution < -0.4 is 5.32 Å². The Kier molecular flexibility index (Phi) is 4.98. The molecule has 1 atom stereocenters. The first kappa shape index (κ1) is 13.6. The van der Waals surface area contributed by atoms with Crippen LogP contribution in [0.2, 0.25) is 0 Å². The van der Waals surface area contributed by atoms with Crippen LogP contribution in [-0.2, 0) is 13.0 Å². The van der Waals surface area contributed by atoms with Crippen molar-refractivity contribution in [2.24, 2.45) is 0 Å². The largest absolute Gasteiger partial charge is 0.508 e. The molecule has 0 saturated carbocycles. The number of phenols is 1. The molecular formula is C15H21N3O. The molecule has 4 nitrogen and oxygen atoms in total. The van der Waals surface area contributed by atoms with Gasteiger partial charge in [0, 0.05) is 25.0 Å². The lowest BCUT2D eigenvalue weighted by molar-refractivity contribution is 0.472. The van der Waals surface area contributed by atoms with Gasteiger partial charge in [0.25, 0.3) is 0 Å².